The Morgan fingerprint density at radius 1 is 1.27 bits per heavy atom. The molecule has 1 fully saturated rings. The van der Waals surface area contributed by atoms with E-state index in [1.807, 2.05) is 0 Å². The van der Waals surface area contributed by atoms with Gasteiger partial charge in [0.15, 0.2) is 0 Å². The summed E-state index contributed by atoms with van der Waals surface area (Å²) in [7, 11) is 0. The molecule has 1 aromatic carbocycles. The number of piperazine rings is 1. The minimum Gasteiger partial charge on any atom is -0.355 e. The number of carbonyl (C=O) groups excluding carboxylic acids is 1. The SMILES string of the molecule is O=C(Cc1cccc(C(F)(F)F)c1)NCCN1CCNCC1. The van der Waals surface area contributed by atoms with E-state index in [1.165, 1.54) is 12.1 Å². The molecule has 0 atom stereocenters. The van der Waals surface area contributed by atoms with Gasteiger partial charge in [0.05, 0.1) is 12.0 Å². The predicted molar refractivity (Wildman–Crippen MR) is 77.5 cm³/mol. The summed E-state index contributed by atoms with van der Waals surface area (Å²) in [5, 5.41) is 6.00. The van der Waals surface area contributed by atoms with Crippen LogP contribution in [0.3, 0.4) is 0 Å². The topological polar surface area (TPSA) is 44.4 Å². The lowest BCUT2D eigenvalue weighted by Crippen LogP contribution is -2.46. The Morgan fingerprint density at radius 3 is 2.68 bits per heavy atom. The fraction of sp³-hybridized carbons (Fsp3) is 0.533. The summed E-state index contributed by atoms with van der Waals surface area (Å²) in [4.78, 5) is 14.0. The summed E-state index contributed by atoms with van der Waals surface area (Å²) >= 11 is 0. The monoisotopic (exact) mass is 315 g/mol. The smallest absolute Gasteiger partial charge is 0.355 e. The number of nitrogens with one attached hydrogen (secondary N) is 2. The van der Waals surface area contributed by atoms with E-state index >= 15 is 0 Å². The van der Waals surface area contributed by atoms with Crippen molar-refractivity contribution in [1.29, 1.82) is 0 Å². The molecule has 4 nitrogen and oxygen atoms in total. The molecule has 1 aromatic rings. The first-order valence-electron chi connectivity index (χ1n) is 7.31. The molecule has 0 aromatic heterocycles. The minimum absolute atomic E-state index is 0.0362. The molecule has 0 bridgehead atoms. The van der Waals surface area contributed by atoms with E-state index in [2.05, 4.69) is 15.5 Å². The van der Waals surface area contributed by atoms with Crippen molar-refractivity contribution in [2.24, 2.45) is 0 Å². The molecular weight excluding hydrogens is 295 g/mol. The average Bonchev–Trinajstić information content (AvgIpc) is 2.48. The van der Waals surface area contributed by atoms with E-state index in [1.54, 1.807) is 0 Å². The van der Waals surface area contributed by atoms with Gasteiger partial charge >= 0.3 is 6.18 Å². The molecule has 0 saturated carbocycles. The molecular formula is C15H20F3N3O. The van der Waals surface area contributed by atoms with Crippen LogP contribution in [-0.2, 0) is 17.4 Å². The Kier molecular flexibility index (Phi) is 5.79. The van der Waals surface area contributed by atoms with Gasteiger partial charge in [-0.05, 0) is 11.6 Å². The number of alkyl halides is 3. The normalized spacial score (nSPS) is 16.5. The molecule has 0 aliphatic carbocycles. The summed E-state index contributed by atoms with van der Waals surface area (Å²) in [6.07, 6.45) is -4.42. The number of nitrogens with zero attached hydrogens (tertiary/aromatic N) is 1. The van der Waals surface area contributed by atoms with Crippen molar-refractivity contribution in [1.82, 2.24) is 15.5 Å². The highest BCUT2D eigenvalue weighted by Crippen LogP contribution is 2.29. The third-order valence-electron chi connectivity index (χ3n) is 3.58. The zero-order valence-corrected chi connectivity index (χ0v) is 12.2. The summed E-state index contributed by atoms with van der Waals surface area (Å²) in [5.74, 6) is -0.255. The van der Waals surface area contributed by atoms with Crippen molar-refractivity contribution >= 4 is 5.91 Å². The average molecular weight is 315 g/mol. The Balaban J connectivity index is 1.77. The maximum absolute atomic E-state index is 12.6. The molecule has 1 aliphatic heterocycles. The fourth-order valence-corrected chi connectivity index (χ4v) is 2.39. The van der Waals surface area contributed by atoms with Gasteiger partial charge in [0.1, 0.15) is 0 Å². The zero-order chi connectivity index (χ0) is 16.0. The Labute approximate surface area is 127 Å². The van der Waals surface area contributed by atoms with E-state index in [0.29, 0.717) is 12.1 Å². The van der Waals surface area contributed by atoms with Crippen LogP contribution < -0.4 is 10.6 Å². The molecule has 1 amide bonds. The largest absolute Gasteiger partial charge is 0.416 e. The highest BCUT2D eigenvalue weighted by atomic mass is 19.4. The van der Waals surface area contributed by atoms with Crippen LogP contribution in [0.5, 0.6) is 0 Å². The van der Waals surface area contributed by atoms with Gasteiger partial charge < -0.3 is 10.6 Å². The first-order chi connectivity index (χ1) is 10.4. The summed E-state index contributed by atoms with van der Waals surface area (Å²) in [6.45, 7) is 5.05. The van der Waals surface area contributed by atoms with E-state index in [4.69, 9.17) is 0 Å². The van der Waals surface area contributed by atoms with E-state index in [0.717, 1.165) is 44.9 Å². The quantitative estimate of drug-likeness (QED) is 0.860. The van der Waals surface area contributed by atoms with Crippen LogP contribution in [0.1, 0.15) is 11.1 Å². The van der Waals surface area contributed by atoms with Gasteiger partial charge in [0, 0.05) is 39.3 Å². The maximum atomic E-state index is 12.6. The van der Waals surface area contributed by atoms with E-state index in [9.17, 15) is 18.0 Å². The molecule has 0 unspecified atom stereocenters. The molecule has 0 radical (unpaired) electrons. The number of benzene rings is 1. The molecule has 1 heterocycles. The van der Waals surface area contributed by atoms with Crippen LogP contribution in [-0.4, -0.2) is 50.1 Å². The standard InChI is InChI=1S/C15H20F3N3O/c16-15(17,18)13-3-1-2-12(10-13)11-14(22)20-6-9-21-7-4-19-5-8-21/h1-3,10,19H,4-9,11H2,(H,20,22). The molecule has 1 saturated heterocycles. The van der Waals surface area contributed by atoms with Crippen molar-refractivity contribution in [2.45, 2.75) is 12.6 Å². The molecule has 122 valence electrons. The van der Waals surface area contributed by atoms with Crippen molar-refractivity contribution in [3.05, 3.63) is 35.4 Å². The minimum atomic E-state index is -4.38. The van der Waals surface area contributed by atoms with Gasteiger partial charge in [-0.2, -0.15) is 13.2 Å². The molecule has 7 heteroatoms. The number of rotatable bonds is 5. The van der Waals surface area contributed by atoms with Gasteiger partial charge in [-0.1, -0.05) is 18.2 Å². The summed E-state index contributed by atoms with van der Waals surface area (Å²) in [5.41, 5.74) is -0.354. The first-order valence-corrected chi connectivity index (χ1v) is 7.31. The summed E-state index contributed by atoms with van der Waals surface area (Å²) in [6, 6.07) is 4.89. The Bertz CT molecular complexity index is 499. The molecule has 1 aliphatic rings. The molecule has 2 rings (SSSR count). The Morgan fingerprint density at radius 2 is 2.00 bits per heavy atom. The maximum Gasteiger partial charge on any atom is 0.416 e. The van der Waals surface area contributed by atoms with Crippen LogP contribution in [0.2, 0.25) is 0 Å². The summed E-state index contributed by atoms with van der Waals surface area (Å²) < 4.78 is 37.8. The van der Waals surface area contributed by atoms with Crippen molar-refractivity contribution in [3.8, 4) is 0 Å². The van der Waals surface area contributed by atoms with Gasteiger partial charge in [-0.15, -0.1) is 0 Å². The second kappa shape index (κ2) is 7.60. The Hall–Kier alpha value is -1.60. The number of hydrogen-bond acceptors (Lipinski definition) is 3. The van der Waals surface area contributed by atoms with Crippen molar-refractivity contribution in [2.75, 3.05) is 39.3 Å². The molecule has 22 heavy (non-hydrogen) atoms. The van der Waals surface area contributed by atoms with Gasteiger partial charge in [-0.25, -0.2) is 0 Å². The third-order valence-corrected chi connectivity index (χ3v) is 3.58. The van der Waals surface area contributed by atoms with E-state index < -0.39 is 11.7 Å². The van der Waals surface area contributed by atoms with Crippen LogP contribution in [0.15, 0.2) is 24.3 Å². The lowest BCUT2D eigenvalue weighted by atomic mass is 10.1. The van der Waals surface area contributed by atoms with Crippen LogP contribution in [0.25, 0.3) is 0 Å². The van der Waals surface area contributed by atoms with Gasteiger partial charge in [-0.3, -0.25) is 9.69 Å². The van der Waals surface area contributed by atoms with E-state index in [-0.39, 0.29) is 12.3 Å². The predicted octanol–water partition coefficient (Wildman–Crippen LogP) is 1.27. The third kappa shape index (κ3) is 5.31. The molecule has 0 spiro atoms. The van der Waals surface area contributed by atoms with Crippen molar-refractivity contribution in [3.63, 3.8) is 0 Å². The fourth-order valence-electron chi connectivity index (χ4n) is 2.39. The number of halogens is 3. The lowest BCUT2D eigenvalue weighted by molar-refractivity contribution is -0.137. The second-order valence-corrected chi connectivity index (χ2v) is 5.32. The van der Waals surface area contributed by atoms with Crippen LogP contribution in [0.4, 0.5) is 13.2 Å². The first kappa shape index (κ1) is 16.8. The second-order valence-electron chi connectivity index (χ2n) is 5.32. The van der Waals surface area contributed by atoms with Crippen LogP contribution in [0, 0.1) is 0 Å². The number of amides is 1. The number of hydrogen-bond donors (Lipinski definition) is 2. The number of carbonyl (C=O) groups is 1. The highest BCUT2D eigenvalue weighted by Gasteiger charge is 2.30. The van der Waals surface area contributed by atoms with Crippen molar-refractivity contribution < 1.29 is 18.0 Å². The zero-order valence-electron chi connectivity index (χ0n) is 12.2. The van der Waals surface area contributed by atoms with Gasteiger partial charge in [0.25, 0.3) is 0 Å². The lowest BCUT2D eigenvalue weighted by Gasteiger charge is -2.27. The molecule has 2 N–H and O–H groups in total. The highest BCUT2D eigenvalue weighted by molar-refractivity contribution is 5.78. The van der Waals surface area contributed by atoms with Crippen LogP contribution >= 0.6 is 0 Å². The van der Waals surface area contributed by atoms with Gasteiger partial charge in [0.2, 0.25) is 5.91 Å².